The number of nitrogens with two attached hydrogens (primary N) is 1. The summed E-state index contributed by atoms with van der Waals surface area (Å²) >= 11 is 3.17. The van der Waals surface area contributed by atoms with Crippen molar-refractivity contribution in [2.24, 2.45) is 0 Å². The molecule has 1 atom stereocenters. The highest BCUT2D eigenvalue weighted by molar-refractivity contribution is 7.99. The van der Waals surface area contributed by atoms with Gasteiger partial charge in [0.2, 0.25) is 0 Å². The number of carbonyl (C=O) groups excluding carboxylic acids is 1. The highest BCUT2D eigenvalue weighted by Crippen LogP contribution is 2.25. The quantitative estimate of drug-likeness (QED) is 0.775. The van der Waals surface area contributed by atoms with Crippen molar-refractivity contribution in [3.8, 4) is 0 Å². The minimum atomic E-state index is -0.103. The maximum Gasteiger partial charge on any atom is 0.265 e. The number of nitrogens with zero attached hydrogens (tertiary/aromatic N) is 1. The number of thioether (sulfide) groups is 1. The maximum atomic E-state index is 12.0. The highest BCUT2D eigenvalue weighted by atomic mass is 32.2. The Kier molecular flexibility index (Phi) is 4.11. The molecule has 1 aliphatic heterocycles. The fraction of sp³-hybridized carbons (Fsp3) is 0.600. The van der Waals surface area contributed by atoms with Crippen molar-refractivity contribution < 1.29 is 4.79 Å². The predicted molar refractivity (Wildman–Crippen MR) is 73.9 cm³/mol. The molecule has 1 unspecified atom stereocenters. The lowest BCUT2D eigenvalue weighted by Crippen LogP contribution is -2.38. The molecular weight excluding hydrogens is 256 g/mol. The molecule has 2 rings (SSSR count). The molecule has 1 amide bonds. The second-order valence-electron chi connectivity index (χ2n) is 3.87. The van der Waals surface area contributed by atoms with Crippen LogP contribution in [0.5, 0.6) is 0 Å². The van der Waals surface area contributed by atoms with Crippen molar-refractivity contribution in [2.75, 3.05) is 29.6 Å². The van der Waals surface area contributed by atoms with Gasteiger partial charge in [-0.1, -0.05) is 11.3 Å². The first kappa shape index (κ1) is 12.5. The van der Waals surface area contributed by atoms with Gasteiger partial charge in [-0.3, -0.25) is 4.79 Å². The van der Waals surface area contributed by atoms with Crippen LogP contribution in [-0.4, -0.2) is 35.5 Å². The van der Waals surface area contributed by atoms with Crippen LogP contribution in [0.2, 0.25) is 0 Å². The number of hydrogen-bond donors (Lipinski definition) is 3. The second kappa shape index (κ2) is 5.59. The summed E-state index contributed by atoms with van der Waals surface area (Å²) in [5, 5.41) is 6.58. The van der Waals surface area contributed by atoms with Crippen molar-refractivity contribution in [3.63, 3.8) is 0 Å². The van der Waals surface area contributed by atoms with Crippen molar-refractivity contribution in [1.82, 2.24) is 10.3 Å². The van der Waals surface area contributed by atoms with E-state index in [-0.39, 0.29) is 11.9 Å². The fourth-order valence-electron chi connectivity index (χ4n) is 1.71. The topological polar surface area (TPSA) is 80.0 Å². The van der Waals surface area contributed by atoms with E-state index in [1.54, 1.807) is 7.05 Å². The predicted octanol–water partition coefficient (Wildman–Crippen LogP) is 1.39. The van der Waals surface area contributed by atoms with Crippen molar-refractivity contribution in [1.29, 1.82) is 0 Å². The third-order valence-electron chi connectivity index (χ3n) is 2.57. The van der Waals surface area contributed by atoms with E-state index < -0.39 is 0 Å². The number of nitrogens with one attached hydrogen (secondary N) is 2. The SMILES string of the molecule is CNc1nc(N)c(C(=O)NC2CCCSC2)s1. The first-order valence-corrected chi connectivity index (χ1v) is 7.50. The summed E-state index contributed by atoms with van der Waals surface area (Å²) in [7, 11) is 1.76. The summed E-state index contributed by atoms with van der Waals surface area (Å²) in [5.41, 5.74) is 5.72. The molecule has 4 N–H and O–H groups in total. The van der Waals surface area contributed by atoms with E-state index in [9.17, 15) is 4.79 Å². The number of amides is 1. The van der Waals surface area contributed by atoms with Crippen LogP contribution in [-0.2, 0) is 0 Å². The van der Waals surface area contributed by atoms with Crippen LogP contribution in [0, 0.1) is 0 Å². The van der Waals surface area contributed by atoms with E-state index in [2.05, 4.69) is 15.6 Å². The van der Waals surface area contributed by atoms with Gasteiger partial charge >= 0.3 is 0 Å². The summed E-state index contributed by atoms with van der Waals surface area (Å²) in [6, 6.07) is 0.265. The monoisotopic (exact) mass is 272 g/mol. The number of rotatable bonds is 3. The van der Waals surface area contributed by atoms with E-state index >= 15 is 0 Å². The lowest BCUT2D eigenvalue weighted by Gasteiger charge is -2.22. The molecule has 1 aliphatic rings. The Morgan fingerprint density at radius 2 is 2.41 bits per heavy atom. The maximum absolute atomic E-state index is 12.0. The summed E-state index contributed by atoms with van der Waals surface area (Å²) in [6.07, 6.45) is 2.21. The highest BCUT2D eigenvalue weighted by Gasteiger charge is 2.20. The van der Waals surface area contributed by atoms with E-state index in [4.69, 9.17) is 5.73 Å². The van der Waals surface area contributed by atoms with Crippen LogP contribution in [0.25, 0.3) is 0 Å². The number of anilines is 2. The largest absolute Gasteiger partial charge is 0.382 e. The Bertz CT molecular complexity index is 401. The van der Waals surface area contributed by atoms with Crippen LogP contribution >= 0.6 is 23.1 Å². The average molecular weight is 272 g/mol. The molecule has 0 aromatic carbocycles. The van der Waals surface area contributed by atoms with E-state index in [1.807, 2.05) is 11.8 Å². The molecule has 7 heteroatoms. The molecule has 17 heavy (non-hydrogen) atoms. The van der Waals surface area contributed by atoms with Gasteiger partial charge in [-0.15, -0.1) is 0 Å². The molecule has 0 radical (unpaired) electrons. The van der Waals surface area contributed by atoms with Gasteiger partial charge in [0, 0.05) is 18.8 Å². The Balaban J connectivity index is 2.00. The van der Waals surface area contributed by atoms with E-state index in [0.29, 0.717) is 15.8 Å². The Morgan fingerprint density at radius 3 is 3.00 bits per heavy atom. The summed E-state index contributed by atoms with van der Waals surface area (Å²) in [6.45, 7) is 0. The van der Waals surface area contributed by atoms with Crippen LogP contribution in [0.15, 0.2) is 0 Å². The number of aromatic nitrogens is 1. The first-order valence-electron chi connectivity index (χ1n) is 5.53. The van der Waals surface area contributed by atoms with Crippen LogP contribution < -0.4 is 16.4 Å². The number of carbonyl (C=O) groups is 1. The Labute approximate surface area is 109 Å². The molecular formula is C10H16N4OS2. The molecule has 0 bridgehead atoms. The van der Waals surface area contributed by atoms with Gasteiger partial charge in [0.05, 0.1) is 0 Å². The molecule has 1 saturated heterocycles. The van der Waals surface area contributed by atoms with Gasteiger partial charge in [0.1, 0.15) is 10.7 Å². The standard InChI is InChI=1S/C10H16N4OS2/c1-12-10-14-8(11)7(17-10)9(15)13-6-3-2-4-16-5-6/h6H,2-5,11H2,1H3,(H,12,14)(H,13,15). The first-order chi connectivity index (χ1) is 8.20. The number of hydrogen-bond acceptors (Lipinski definition) is 6. The van der Waals surface area contributed by atoms with Gasteiger partial charge in [-0.05, 0) is 18.6 Å². The second-order valence-corrected chi connectivity index (χ2v) is 6.02. The van der Waals surface area contributed by atoms with Crippen LogP contribution in [0.1, 0.15) is 22.5 Å². The molecule has 0 spiro atoms. The number of nitrogen functional groups attached to an aromatic ring is 1. The van der Waals surface area contributed by atoms with E-state index in [1.165, 1.54) is 17.1 Å². The summed E-state index contributed by atoms with van der Waals surface area (Å²) in [5.74, 6) is 2.39. The Morgan fingerprint density at radius 1 is 1.59 bits per heavy atom. The minimum Gasteiger partial charge on any atom is -0.382 e. The van der Waals surface area contributed by atoms with Gasteiger partial charge in [-0.25, -0.2) is 4.98 Å². The fourth-order valence-corrected chi connectivity index (χ4v) is 3.52. The smallest absolute Gasteiger partial charge is 0.265 e. The summed E-state index contributed by atoms with van der Waals surface area (Å²) < 4.78 is 0. The van der Waals surface area contributed by atoms with E-state index in [0.717, 1.165) is 18.6 Å². The molecule has 1 aromatic heterocycles. The molecule has 94 valence electrons. The van der Waals surface area contributed by atoms with Crippen LogP contribution in [0.4, 0.5) is 10.9 Å². The average Bonchev–Trinajstić information content (AvgIpc) is 2.72. The normalized spacial score (nSPS) is 19.9. The molecule has 5 nitrogen and oxygen atoms in total. The molecule has 1 fully saturated rings. The van der Waals surface area contributed by atoms with Gasteiger partial charge in [0.15, 0.2) is 5.13 Å². The zero-order valence-electron chi connectivity index (χ0n) is 9.66. The van der Waals surface area contributed by atoms with Crippen molar-refractivity contribution >= 4 is 40.0 Å². The molecule has 2 heterocycles. The Hall–Kier alpha value is -0.950. The lowest BCUT2D eigenvalue weighted by atomic mass is 10.2. The number of thiazole rings is 1. The lowest BCUT2D eigenvalue weighted by molar-refractivity contribution is 0.0943. The summed E-state index contributed by atoms with van der Waals surface area (Å²) in [4.78, 5) is 16.6. The zero-order chi connectivity index (χ0) is 12.3. The van der Waals surface area contributed by atoms with Gasteiger partial charge in [0.25, 0.3) is 5.91 Å². The third-order valence-corrected chi connectivity index (χ3v) is 4.87. The minimum absolute atomic E-state index is 0.103. The molecule has 0 saturated carbocycles. The van der Waals surface area contributed by atoms with Crippen LogP contribution in [0.3, 0.4) is 0 Å². The molecule has 1 aromatic rings. The zero-order valence-corrected chi connectivity index (χ0v) is 11.3. The van der Waals surface area contributed by atoms with Crippen molar-refractivity contribution in [3.05, 3.63) is 4.88 Å². The van der Waals surface area contributed by atoms with Crippen molar-refractivity contribution in [2.45, 2.75) is 18.9 Å². The van der Waals surface area contributed by atoms with Gasteiger partial charge < -0.3 is 16.4 Å². The van der Waals surface area contributed by atoms with Gasteiger partial charge in [-0.2, -0.15) is 11.8 Å². The molecule has 0 aliphatic carbocycles. The third kappa shape index (κ3) is 3.04.